The van der Waals surface area contributed by atoms with Crippen molar-refractivity contribution >= 4 is 27.7 Å². The van der Waals surface area contributed by atoms with Crippen LogP contribution in [0.3, 0.4) is 0 Å². The number of carboxylic acids is 1. The molecule has 0 amide bonds. The Hall–Kier alpha value is -1.88. The maximum absolute atomic E-state index is 11.3. The molecule has 0 aliphatic rings. The fourth-order valence-electron chi connectivity index (χ4n) is 2.00. The van der Waals surface area contributed by atoms with Crippen molar-refractivity contribution in [3.63, 3.8) is 0 Å². The van der Waals surface area contributed by atoms with E-state index >= 15 is 0 Å². The molecule has 104 valence electrons. The van der Waals surface area contributed by atoms with E-state index in [1.807, 2.05) is 31.2 Å². The average molecular weight is 335 g/mol. The maximum Gasteiger partial charge on any atom is 0.339 e. The Morgan fingerprint density at radius 3 is 2.80 bits per heavy atom. The van der Waals surface area contributed by atoms with Crippen molar-refractivity contribution in [2.45, 2.75) is 19.9 Å². The number of aryl methyl sites for hydroxylation is 1. The van der Waals surface area contributed by atoms with Gasteiger partial charge in [0, 0.05) is 10.7 Å². The summed E-state index contributed by atoms with van der Waals surface area (Å²) in [6, 6.07) is 9.52. The van der Waals surface area contributed by atoms with Crippen molar-refractivity contribution in [2.24, 2.45) is 0 Å². The number of rotatable bonds is 4. The molecule has 0 spiro atoms. The van der Waals surface area contributed by atoms with E-state index in [4.69, 9.17) is 0 Å². The van der Waals surface area contributed by atoms with Crippen LogP contribution in [0, 0.1) is 6.92 Å². The molecular weight excluding hydrogens is 320 g/mol. The van der Waals surface area contributed by atoms with Crippen LogP contribution in [0.1, 0.15) is 34.5 Å². The molecule has 2 N–H and O–H groups in total. The van der Waals surface area contributed by atoms with Gasteiger partial charge in [-0.25, -0.2) is 9.78 Å². The van der Waals surface area contributed by atoms with Gasteiger partial charge in [0.25, 0.3) is 0 Å². The van der Waals surface area contributed by atoms with Gasteiger partial charge in [-0.05, 0) is 43.2 Å². The molecule has 0 bridgehead atoms. The summed E-state index contributed by atoms with van der Waals surface area (Å²) in [7, 11) is 0. The van der Waals surface area contributed by atoms with E-state index in [9.17, 15) is 9.90 Å². The first-order valence-electron chi connectivity index (χ1n) is 6.20. The number of nitrogens with one attached hydrogen (secondary N) is 1. The lowest BCUT2D eigenvalue weighted by Crippen LogP contribution is -2.13. The van der Waals surface area contributed by atoms with Gasteiger partial charge in [-0.15, -0.1) is 0 Å². The zero-order chi connectivity index (χ0) is 14.7. The smallest absolute Gasteiger partial charge is 0.339 e. The molecule has 0 saturated heterocycles. The van der Waals surface area contributed by atoms with E-state index < -0.39 is 5.97 Å². The van der Waals surface area contributed by atoms with Crippen LogP contribution < -0.4 is 5.32 Å². The number of carbonyl (C=O) groups is 1. The molecule has 1 heterocycles. The highest BCUT2D eigenvalue weighted by atomic mass is 79.9. The van der Waals surface area contributed by atoms with Crippen molar-refractivity contribution in [3.8, 4) is 0 Å². The molecule has 1 unspecified atom stereocenters. The lowest BCUT2D eigenvalue weighted by molar-refractivity contribution is 0.0697. The Morgan fingerprint density at radius 2 is 2.15 bits per heavy atom. The average Bonchev–Trinajstić information content (AvgIpc) is 2.38. The molecule has 20 heavy (non-hydrogen) atoms. The minimum atomic E-state index is -0.973. The largest absolute Gasteiger partial charge is 0.478 e. The summed E-state index contributed by atoms with van der Waals surface area (Å²) in [4.78, 5) is 15.5. The molecule has 1 aromatic heterocycles. The van der Waals surface area contributed by atoms with Gasteiger partial charge in [-0.1, -0.05) is 28.1 Å². The zero-order valence-electron chi connectivity index (χ0n) is 11.2. The predicted molar refractivity (Wildman–Crippen MR) is 82.1 cm³/mol. The number of nitrogens with zero attached hydrogens (tertiary/aromatic N) is 1. The molecule has 2 aromatic rings. The van der Waals surface area contributed by atoms with Crippen molar-refractivity contribution in [1.29, 1.82) is 0 Å². The van der Waals surface area contributed by atoms with Gasteiger partial charge in [0.15, 0.2) is 0 Å². The third kappa shape index (κ3) is 3.17. The van der Waals surface area contributed by atoms with Crippen LogP contribution in [0.15, 0.2) is 41.0 Å². The number of benzene rings is 1. The van der Waals surface area contributed by atoms with Gasteiger partial charge in [0.2, 0.25) is 0 Å². The van der Waals surface area contributed by atoms with E-state index in [0.29, 0.717) is 11.4 Å². The number of anilines is 1. The highest BCUT2D eigenvalue weighted by Gasteiger charge is 2.16. The third-order valence-electron chi connectivity index (χ3n) is 3.08. The number of halogens is 1. The van der Waals surface area contributed by atoms with Crippen LogP contribution in [0.4, 0.5) is 5.82 Å². The summed E-state index contributed by atoms with van der Waals surface area (Å²) in [5.74, 6) is -0.579. The van der Waals surface area contributed by atoms with Gasteiger partial charge in [-0.3, -0.25) is 0 Å². The van der Waals surface area contributed by atoms with Gasteiger partial charge < -0.3 is 10.4 Å². The van der Waals surface area contributed by atoms with Crippen LogP contribution in [-0.2, 0) is 0 Å². The summed E-state index contributed by atoms with van der Waals surface area (Å²) in [5, 5.41) is 12.4. The SMILES string of the molecule is Cc1ccnc(NC(C)c2cccc(Br)c2)c1C(=O)O. The van der Waals surface area contributed by atoms with Crippen LogP contribution in [0.25, 0.3) is 0 Å². The second-order valence-corrected chi connectivity index (χ2v) is 5.49. The molecule has 0 fully saturated rings. The fourth-order valence-corrected chi connectivity index (χ4v) is 2.42. The lowest BCUT2D eigenvalue weighted by Gasteiger charge is -2.17. The molecule has 5 heteroatoms. The molecule has 0 radical (unpaired) electrons. The molecule has 4 nitrogen and oxygen atoms in total. The Labute approximate surface area is 126 Å². The van der Waals surface area contributed by atoms with Gasteiger partial charge in [0.05, 0.1) is 6.04 Å². The Bertz CT molecular complexity index is 644. The maximum atomic E-state index is 11.3. The molecule has 0 aliphatic heterocycles. The topological polar surface area (TPSA) is 62.2 Å². The number of pyridine rings is 1. The van der Waals surface area contributed by atoms with Crippen LogP contribution in [0.2, 0.25) is 0 Å². The summed E-state index contributed by atoms with van der Waals surface area (Å²) in [6.07, 6.45) is 1.61. The second-order valence-electron chi connectivity index (χ2n) is 4.58. The van der Waals surface area contributed by atoms with Gasteiger partial charge in [-0.2, -0.15) is 0 Å². The highest BCUT2D eigenvalue weighted by molar-refractivity contribution is 9.10. The third-order valence-corrected chi connectivity index (χ3v) is 3.57. The number of carboxylic acid groups (broad SMARTS) is 1. The Balaban J connectivity index is 2.30. The molecule has 0 aliphatic carbocycles. The van der Waals surface area contributed by atoms with Crippen molar-refractivity contribution in [3.05, 3.63) is 57.7 Å². The molecule has 1 aromatic carbocycles. The first kappa shape index (κ1) is 14.5. The van der Waals surface area contributed by atoms with E-state index in [-0.39, 0.29) is 11.6 Å². The summed E-state index contributed by atoms with van der Waals surface area (Å²) in [6.45, 7) is 3.73. The lowest BCUT2D eigenvalue weighted by atomic mass is 10.1. The quantitative estimate of drug-likeness (QED) is 0.886. The van der Waals surface area contributed by atoms with Gasteiger partial charge >= 0.3 is 5.97 Å². The van der Waals surface area contributed by atoms with Crippen molar-refractivity contribution in [2.75, 3.05) is 5.32 Å². The molecular formula is C15H15BrN2O2. The van der Waals surface area contributed by atoms with Gasteiger partial charge in [0.1, 0.15) is 11.4 Å². The first-order valence-corrected chi connectivity index (χ1v) is 6.99. The second kappa shape index (κ2) is 6.05. The van der Waals surface area contributed by atoms with Crippen molar-refractivity contribution < 1.29 is 9.90 Å². The molecule has 0 saturated carbocycles. The monoisotopic (exact) mass is 334 g/mol. The highest BCUT2D eigenvalue weighted by Crippen LogP contribution is 2.24. The zero-order valence-corrected chi connectivity index (χ0v) is 12.8. The van der Waals surface area contributed by atoms with E-state index in [0.717, 1.165) is 10.0 Å². The minimum absolute atomic E-state index is 0.0418. The summed E-state index contributed by atoms with van der Waals surface area (Å²) < 4.78 is 0.985. The summed E-state index contributed by atoms with van der Waals surface area (Å²) in [5.41, 5.74) is 1.96. The standard InChI is InChI=1S/C15H15BrN2O2/c1-9-6-7-17-14(13(9)15(19)20)18-10(2)11-4-3-5-12(16)8-11/h3-8,10H,1-2H3,(H,17,18)(H,19,20). The number of aromatic carboxylic acids is 1. The van der Waals surface area contributed by atoms with Crippen molar-refractivity contribution in [1.82, 2.24) is 4.98 Å². The van der Waals surface area contributed by atoms with E-state index in [2.05, 4.69) is 26.2 Å². The number of hydrogen-bond acceptors (Lipinski definition) is 3. The summed E-state index contributed by atoms with van der Waals surface area (Å²) >= 11 is 3.43. The molecule has 1 atom stereocenters. The van der Waals surface area contributed by atoms with Crippen LogP contribution in [-0.4, -0.2) is 16.1 Å². The Morgan fingerprint density at radius 1 is 1.40 bits per heavy atom. The van der Waals surface area contributed by atoms with E-state index in [1.165, 1.54) is 0 Å². The molecule has 2 rings (SSSR count). The number of hydrogen-bond donors (Lipinski definition) is 2. The normalized spacial score (nSPS) is 11.9. The first-order chi connectivity index (χ1) is 9.49. The Kier molecular flexibility index (Phi) is 4.39. The fraction of sp³-hybridized carbons (Fsp3) is 0.200. The van der Waals surface area contributed by atoms with E-state index in [1.54, 1.807) is 19.2 Å². The predicted octanol–water partition coefficient (Wildman–Crippen LogP) is 4.02. The van der Waals surface area contributed by atoms with Crippen LogP contribution >= 0.6 is 15.9 Å². The minimum Gasteiger partial charge on any atom is -0.478 e. The number of aromatic nitrogens is 1. The van der Waals surface area contributed by atoms with Crippen LogP contribution in [0.5, 0.6) is 0 Å².